The van der Waals surface area contributed by atoms with Crippen molar-refractivity contribution in [2.75, 3.05) is 26.9 Å². The van der Waals surface area contributed by atoms with Gasteiger partial charge in [-0.15, -0.1) is 0 Å². The van der Waals surface area contributed by atoms with E-state index in [0.717, 1.165) is 37.1 Å². The van der Waals surface area contributed by atoms with Crippen molar-refractivity contribution in [3.8, 4) is 5.75 Å². The van der Waals surface area contributed by atoms with E-state index < -0.39 is 6.10 Å². The highest BCUT2D eigenvalue weighted by Gasteiger charge is 2.37. The van der Waals surface area contributed by atoms with Gasteiger partial charge in [-0.3, -0.25) is 4.79 Å². The third-order valence-corrected chi connectivity index (χ3v) is 4.78. The number of hydrogen-bond acceptors (Lipinski definition) is 5. The van der Waals surface area contributed by atoms with Gasteiger partial charge in [-0.25, -0.2) is 0 Å². The zero-order valence-corrected chi connectivity index (χ0v) is 15.0. The number of likely N-dealkylation sites (tertiary alicyclic amines) is 1. The van der Waals surface area contributed by atoms with E-state index in [2.05, 4.69) is 0 Å². The highest BCUT2D eigenvalue weighted by atomic mass is 16.7. The van der Waals surface area contributed by atoms with Gasteiger partial charge >= 0.3 is 0 Å². The summed E-state index contributed by atoms with van der Waals surface area (Å²) < 4.78 is 22.3. The SMILES string of the molecule is COc1cccc(COC(C)C(=O)N2CCCCC2C2OCCO2)c1. The molecule has 138 valence electrons. The Labute approximate surface area is 149 Å². The fourth-order valence-electron chi connectivity index (χ4n) is 3.40. The van der Waals surface area contributed by atoms with Gasteiger partial charge in [0.05, 0.1) is 33.0 Å². The van der Waals surface area contributed by atoms with Gasteiger partial charge < -0.3 is 23.8 Å². The Morgan fingerprint density at radius 2 is 2.12 bits per heavy atom. The molecule has 0 aliphatic carbocycles. The van der Waals surface area contributed by atoms with Crippen LogP contribution in [0.1, 0.15) is 31.7 Å². The van der Waals surface area contributed by atoms with Crippen molar-refractivity contribution in [3.63, 3.8) is 0 Å². The Morgan fingerprint density at radius 1 is 1.32 bits per heavy atom. The smallest absolute Gasteiger partial charge is 0.251 e. The lowest BCUT2D eigenvalue weighted by Gasteiger charge is -2.39. The molecule has 0 spiro atoms. The van der Waals surface area contributed by atoms with Crippen molar-refractivity contribution >= 4 is 5.91 Å². The molecule has 3 rings (SSSR count). The van der Waals surface area contributed by atoms with Crippen LogP contribution in [0.2, 0.25) is 0 Å². The maximum atomic E-state index is 12.9. The minimum atomic E-state index is -0.506. The molecular formula is C19H27NO5. The monoisotopic (exact) mass is 349 g/mol. The molecule has 6 heteroatoms. The number of methoxy groups -OCH3 is 1. The zero-order chi connectivity index (χ0) is 17.6. The lowest BCUT2D eigenvalue weighted by atomic mass is 10.0. The number of rotatable bonds is 6. The second-order valence-corrected chi connectivity index (χ2v) is 6.51. The molecule has 2 saturated heterocycles. The van der Waals surface area contributed by atoms with Gasteiger partial charge in [0.15, 0.2) is 6.29 Å². The molecule has 1 amide bonds. The van der Waals surface area contributed by atoms with E-state index in [1.165, 1.54) is 0 Å². The fourth-order valence-corrected chi connectivity index (χ4v) is 3.40. The normalized spacial score (nSPS) is 22.8. The molecule has 2 heterocycles. The van der Waals surface area contributed by atoms with Gasteiger partial charge in [0.2, 0.25) is 0 Å². The minimum Gasteiger partial charge on any atom is -0.497 e. The summed E-state index contributed by atoms with van der Waals surface area (Å²) >= 11 is 0. The average Bonchev–Trinajstić information content (AvgIpc) is 3.20. The van der Waals surface area contributed by atoms with Crippen molar-refractivity contribution in [2.45, 2.75) is 51.2 Å². The topological polar surface area (TPSA) is 57.2 Å². The van der Waals surface area contributed by atoms with Crippen LogP contribution < -0.4 is 4.74 Å². The summed E-state index contributed by atoms with van der Waals surface area (Å²) in [4.78, 5) is 14.8. The van der Waals surface area contributed by atoms with Gasteiger partial charge in [-0.05, 0) is 43.9 Å². The van der Waals surface area contributed by atoms with E-state index in [0.29, 0.717) is 19.8 Å². The van der Waals surface area contributed by atoms with E-state index >= 15 is 0 Å². The first-order valence-electron chi connectivity index (χ1n) is 8.97. The van der Waals surface area contributed by atoms with Crippen LogP contribution in [0, 0.1) is 0 Å². The molecule has 0 bridgehead atoms. The summed E-state index contributed by atoms with van der Waals surface area (Å²) in [6.45, 7) is 4.12. The molecule has 2 aliphatic heterocycles. The third-order valence-electron chi connectivity index (χ3n) is 4.78. The van der Waals surface area contributed by atoms with Crippen LogP contribution in [-0.2, 0) is 25.6 Å². The molecular weight excluding hydrogens is 322 g/mol. The predicted molar refractivity (Wildman–Crippen MR) is 92.3 cm³/mol. The molecule has 2 unspecified atom stereocenters. The summed E-state index contributed by atoms with van der Waals surface area (Å²) in [6.07, 6.45) is 2.22. The third kappa shape index (κ3) is 4.51. The number of benzene rings is 1. The number of carbonyl (C=O) groups excluding carboxylic acids is 1. The van der Waals surface area contributed by atoms with E-state index in [4.69, 9.17) is 18.9 Å². The average molecular weight is 349 g/mol. The van der Waals surface area contributed by atoms with Gasteiger partial charge in [-0.1, -0.05) is 12.1 Å². The number of ether oxygens (including phenoxy) is 4. The lowest BCUT2D eigenvalue weighted by Crippen LogP contribution is -2.53. The molecule has 2 atom stereocenters. The molecule has 2 aliphatic rings. The van der Waals surface area contributed by atoms with Crippen LogP contribution in [0.4, 0.5) is 0 Å². The van der Waals surface area contributed by atoms with Crippen molar-refractivity contribution in [3.05, 3.63) is 29.8 Å². The molecule has 0 radical (unpaired) electrons. The van der Waals surface area contributed by atoms with Gasteiger partial charge in [-0.2, -0.15) is 0 Å². The fraction of sp³-hybridized carbons (Fsp3) is 0.632. The number of carbonyl (C=O) groups is 1. The number of amides is 1. The van der Waals surface area contributed by atoms with Crippen molar-refractivity contribution in [1.29, 1.82) is 0 Å². The number of nitrogens with zero attached hydrogens (tertiary/aromatic N) is 1. The van der Waals surface area contributed by atoms with Gasteiger partial charge in [0.25, 0.3) is 5.91 Å². The quantitative estimate of drug-likeness (QED) is 0.789. The van der Waals surface area contributed by atoms with Gasteiger partial charge in [0.1, 0.15) is 11.9 Å². The molecule has 25 heavy (non-hydrogen) atoms. The zero-order valence-electron chi connectivity index (χ0n) is 15.0. The van der Waals surface area contributed by atoms with Crippen LogP contribution in [0.5, 0.6) is 5.75 Å². The number of piperidine rings is 1. The Bertz CT molecular complexity index is 573. The minimum absolute atomic E-state index is 0.00620. The second kappa shape index (κ2) is 8.65. The summed E-state index contributed by atoms with van der Waals surface area (Å²) in [5.41, 5.74) is 0.983. The molecule has 1 aromatic carbocycles. The van der Waals surface area contributed by atoms with E-state index in [9.17, 15) is 4.79 Å². The Hall–Kier alpha value is -1.63. The van der Waals surface area contributed by atoms with E-state index in [1.807, 2.05) is 36.1 Å². The molecule has 2 fully saturated rings. The maximum Gasteiger partial charge on any atom is 0.251 e. The van der Waals surface area contributed by atoms with Gasteiger partial charge in [0, 0.05) is 6.54 Å². The van der Waals surface area contributed by atoms with E-state index in [-0.39, 0.29) is 18.2 Å². The van der Waals surface area contributed by atoms with Crippen LogP contribution >= 0.6 is 0 Å². The van der Waals surface area contributed by atoms with Crippen molar-refractivity contribution < 1.29 is 23.7 Å². The molecule has 0 N–H and O–H groups in total. The lowest BCUT2D eigenvalue weighted by molar-refractivity contribution is -0.161. The molecule has 0 aromatic heterocycles. The molecule has 6 nitrogen and oxygen atoms in total. The standard InChI is InChI=1S/C19H27NO5/c1-14(25-13-15-6-5-7-16(12-15)22-2)18(21)20-9-4-3-8-17(20)19-23-10-11-24-19/h5-7,12,14,17,19H,3-4,8-11,13H2,1-2H3. The molecule has 1 aromatic rings. The molecule has 0 saturated carbocycles. The summed E-state index contributed by atoms with van der Waals surface area (Å²) in [7, 11) is 1.63. The van der Waals surface area contributed by atoms with Crippen LogP contribution in [0.25, 0.3) is 0 Å². The summed E-state index contributed by atoms with van der Waals surface area (Å²) in [6, 6.07) is 7.67. The highest BCUT2D eigenvalue weighted by Crippen LogP contribution is 2.25. The largest absolute Gasteiger partial charge is 0.497 e. The van der Waals surface area contributed by atoms with Crippen LogP contribution in [0.15, 0.2) is 24.3 Å². The predicted octanol–water partition coefficient (Wildman–Crippen LogP) is 2.35. The van der Waals surface area contributed by atoms with Crippen LogP contribution in [-0.4, -0.2) is 56.1 Å². The van der Waals surface area contributed by atoms with Crippen molar-refractivity contribution in [1.82, 2.24) is 4.90 Å². The van der Waals surface area contributed by atoms with Crippen molar-refractivity contribution in [2.24, 2.45) is 0 Å². The van der Waals surface area contributed by atoms with E-state index in [1.54, 1.807) is 7.11 Å². The second-order valence-electron chi connectivity index (χ2n) is 6.51. The Balaban J connectivity index is 1.58. The number of hydrogen-bond donors (Lipinski definition) is 0. The first kappa shape index (κ1) is 18.2. The Kier molecular flexibility index (Phi) is 6.29. The first-order valence-corrected chi connectivity index (χ1v) is 8.97. The van der Waals surface area contributed by atoms with Crippen LogP contribution in [0.3, 0.4) is 0 Å². The maximum absolute atomic E-state index is 12.9. The first-order chi connectivity index (χ1) is 12.2. The summed E-state index contributed by atoms with van der Waals surface area (Å²) in [5, 5.41) is 0. The Morgan fingerprint density at radius 3 is 2.88 bits per heavy atom. The summed E-state index contributed by atoms with van der Waals surface area (Å²) in [5.74, 6) is 0.790. The highest BCUT2D eigenvalue weighted by molar-refractivity contribution is 5.81.